The van der Waals surface area contributed by atoms with Gasteiger partial charge in [0.25, 0.3) is 11.5 Å². The van der Waals surface area contributed by atoms with Crippen LogP contribution in [0.5, 0.6) is 5.75 Å². The van der Waals surface area contributed by atoms with Crippen LogP contribution in [0, 0.1) is 25.2 Å². The maximum Gasteiger partial charge on any atom is 0.296 e. The third-order valence-electron chi connectivity index (χ3n) is 6.41. The molecule has 11 nitrogen and oxygen atoms in total. The SMILES string of the molecule is Cc1nn(C)c(C)c1[C@@H](c1ccccc1C#N)[C@H](C)c1nc(C(=O)Nc2cnoc2)c(O)c(=O)n1C. The number of aromatic hydroxyl groups is 1. The van der Waals surface area contributed by atoms with Crippen molar-refractivity contribution in [1.82, 2.24) is 24.5 Å². The lowest BCUT2D eigenvalue weighted by Crippen LogP contribution is -2.29. The fourth-order valence-electron chi connectivity index (χ4n) is 4.56. The number of carbonyl (C=O) groups excluding carboxylic acids is 1. The molecule has 0 aliphatic carbocycles. The molecule has 0 aliphatic heterocycles. The molecule has 184 valence electrons. The predicted molar refractivity (Wildman–Crippen MR) is 130 cm³/mol. The number of anilines is 1. The maximum absolute atomic E-state index is 13.0. The first-order valence-electron chi connectivity index (χ1n) is 11.1. The number of rotatable bonds is 6. The first kappa shape index (κ1) is 24.4. The van der Waals surface area contributed by atoms with Crippen molar-refractivity contribution in [2.24, 2.45) is 14.1 Å². The van der Waals surface area contributed by atoms with Crippen molar-refractivity contribution in [3.63, 3.8) is 0 Å². The summed E-state index contributed by atoms with van der Waals surface area (Å²) in [6, 6.07) is 9.48. The summed E-state index contributed by atoms with van der Waals surface area (Å²) < 4.78 is 7.70. The Morgan fingerprint density at radius 2 is 1.97 bits per heavy atom. The minimum absolute atomic E-state index is 0.249. The van der Waals surface area contributed by atoms with Crippen LogP contribution in [0.2, 0.25) is 0 Å². The van der Waals surface area contributed by atoms with E-state index < -0.39 is 34.7 Å². The first-order valence-corrected chi connectivity index (χ1v) is 11.1. The number of hydrogen-bond acceptors (Lipinski definition) is 8. The molecule has 2 N–H and O–H groups in total. The van der Waals surface area contributed by atoms with Gasteiger partial charge in [-0.2, -0.15) is 10.4 Å². The quantitative estimate of drug-likeness (QED) is 0.421. The highest BCUT2D eigenvalue weighted by Crippen LogP contribution is 2.41. The van der Waals surface area contributed by atoms with Crippen molar-refractivity contribution < 1.29 is 14.4 Å². The molecule has 0 unspecified atom stereocenters. The Labute approximate surface area is 206 Å². The zero-order valence-corrected chi connectivity index (χ0v) is 20.5. The third kappa shape index (κ3) is 4.13. The molecule has 0 fully saturated rings. The molecule has 0 aliphatic rings. The topological polar surface area (TPSA) is 152 Å². The van der Waals surface area contributed by atoms with E-state index in [0.29, 0.717) is 5.56 Å². The molecule has 0 spiro atoms. The van der Waals surface area contributed by atoms with Crippen molar-refractivity contribution in [3.8, 4) is 11.8 Å². The molecule has 4 rings (SSSR count). The van der Waals surface area contributed by atoms with E-state index in [4.69, 9.17) is 4.52 Å². The number of aromatic nitrogens is 5. The van der Waals surface area contributed by atoms with Gasteiger partial charge >= 0.3 is 0 Å². The largest absolute Gasteiger partial charge is 0.501 e. The second kappa shape index (κ2) is 9.50. The number of hydrogen-bond donors (Lipinski definition) is 2. The van der Waals surface area contributed by atoms with Crippen molar-refractivity contribution in [2.45, 2.75) is 32.6 Å². The number of carbonyl (C=O) groups is 1. The lowest BCUT2D eigenvalue weighted by molar-refractivity contribution is 0.101. The van der Waals surface area contributed by atoms with Gasteiger partial charge in [-0.15, -0.1) is 0 Å². The van der Waals surface area contributed by atoms with Crippen molar-refractivity contribution in [2.75, 3.05) is 5.32 Å². The zero-order valence-electron chi connectivity index (χ0n) is 20.5. The number of amides is 1. The molecule has 1 amide bonds. The summed E-state index contributed by atoms with van der Waals surface area (Å²) in [5, 5.41) is 30.9. The Kier molecular flexibility index (Phi) is 6.44. The molecule has 36 heavy (non-hydrogen) atoms. The van der Waals surface area contributed by atoms with E-state index >= 15 is 0 Å². The highest BCUT2D eigenvalue weighted by molar-refractivity contribution is 6.04. The number of aryl methyl sites for hydroxylation is 2. The normalized spacial score (nSPS) is 12.7. The average molecular weight is 488 g/mol. The Balaban J connectivity index is 1.92. The highest BCUT2D eigenvalue weighted by atomic mass is 16.5. The van der Waals surface area contributed by atoms with Crippen LogP contribution in [-0.4, -0.2) is 35.5 Å². The Morgan fingerprint density at radius 3 is 2.58 bits per heavy atom. The molecule has 11 heteroatoms. The summed E-state index contributed by atoms with van der Waals surface area (Å²) in [5.41, 5.74) is 2.84. The van der Waals surface area contributed by atoms with Gasteiger partial charge in [0.05, 0.1) is 23.5 Å². The van der Waals surface area contributed by atoms with Gasteiger partial charge in [-0.1, -0.05) is 30.3 Å². The minimum atomic E-state index is -0.787. The van der Waals surface area contributed by atoms with E-state index in [1.165, 1.54) is 24.1 Å². The number of nitrogens with one attached hydrogen (secondary N) is 1. The van der Waals surface area contributed by atoms with Crippen LogP contribution in [0.1, 0.15) is 63.2 Å². The number of nitriles is 1. The van der Waals surface area contributed by atoms with Crippen LogP contribution in [0.25, 0.3) is 0 Å². The van der Waals surface area contributed by atoms with Gasteiger partial charge in [0.1, 0.15) is 17.8 Å². The van der Waals surface area contributed by atoms with Gasteiger partial charge in [0.2, 0.25) is 5.75 Å². The molecular weight excluding hydrogens is 462 g/mol. The predicted octanol–water partition coefficient (Wildman–Crippen LogP) is 2.88. The first-order chi connectivity index (χ1) is 17.1. The second-order valence-electron chi connectivity index (χ2n) is 8.57. The fraction of sp³-hybridized carbons (Fsp3) is 0.280. The molecule has 0 saturated carbocycles. The van der Waals surface area contributed by atoms with E-state index in [-0.39, 0.29) is 11.5 Å². The molecule has 3 aromatic heterocycles. The summed E-state index contributed by atoms with van der Waals surface area (Å²) in [5.74, 6) is -2.23. The van der Waals surface area contributed by atoms with Gasteiger partial charge in [0, 0.05) is 37.2 Å². The summed E-state index contributed by atoms with van der Waals surface area (Å²) in [7, 11) is 3.32. The van der Waals surface area contributed by atoms with E-state index in [2.05, 4.69) is 26.6 Å². The second-order valence-corrected chi connectivity index (χ2v) is 8.57. The summed E-state index contributed by atoms with van der Waals surface area (Å²) in [6.07, 6.45) is 2.49. The lowest BCUT2D eigenvalue weighted by atomic mass is 9.78. The molecular formula is C25H25N7O4. The lowest BCUT2D eigenvalue weighted by Gasteiger charge is -2.27. The van der Waals surface area contributed by atoms with Crippen molar-refractivity contribution in [1.29, 1.82) is 5.26 Å². The minimum Gasteiger partial charge on any atom is -0.501 e. The van der Waals surface area contributed by atoms with Gasteiger partial charge in [-0.05, 0) is 25.5 Å². The van der Waals surface area contributed by atoms with E-state index in [1.807, 2.05) is 40.0 Å². The molecule has 0 saturated heterocycles. The van der Waals surface area contributed by atoms with Crippen LogP contribution < -0.4 is 10.9 Å². The molecule has 1 aromatic carbocycles. The van der Waals surface area contributed by atoms with Crippen molar-refractivity contribution in [3.05, 3.63) is 86.7 Å². The van der Waals surface area contributed by atoms with Gasteiger partial charge < -0.3 is 14.9 Å². The van der Waals surface area contributed by atoms with E-state index in [1.54, 1.807) is 16.8 Å². The average Bonchev–Trinajstić information content (AvgIpc) is 3.46. The smallest absolute Gasteiger partial charge is 0.296 e. The highest BCUT2D eigenvalue weighted by Gasteiger charge is 2.33. The maximum atomic E-state index is 13.0. The molecule has 4 aromatic rings. The van der Waals surface area contributed by atoms with E-state index in [9.17, 15) is 20.0 Å². The third-order valence-corrected chi connectivity index (χ3v) is 6.41. The molecule has 0 bridgehead atoms. The van der Waals surface area contributed by atoms with Crippen molar-refractivity contribution >= 4 is 11.6 Å². The Morgan fingerprint density at radius 1 is 1.25 bits per heavy atom. The number of benzene rings is 1. The van der Waals surface area contributed by atoms with Crippen LogP contribution in [-0.2, 0) is 14.1 Å². The number of nitrogens with zero attached hydrogens (tertiary/aromatic N) is 6. The van der Waals surface area contributed by atoms with Gasteiger partial charge in [-0.3, -0.25) is 18.8 Å². The van der Waals surface area contributed by atoms with Crippen LogP contribution in [0.15, 0.2) is 46.0 Å². The molecule has 3 heterocycles. The van der Waals surface area contributed by atoms with Gasteiger partial charge in [0.15, 0.2) is 5.69 Å². The summed E-state index contributed by atoms with van der Waals surface area (Å²) >= 11 is 0. The van der Waals surface area contributed by atoms with Crippen LogP contribution in [0.4, 0.5) is 5.69 Å². The summed E-state index contributed by atoms with van der Waals surface area (Å²) in [4.78, 5) is 30.3. The Bertz CT molecular complexity index is 1540. The molecule has 0 radical (unpaired) electrons. The fourth-order valence-corrected chi connectivity index (χ4v) is 4.56. The standard InChI is InChI=1S/C25H25N7O4/c1-13(19(18-9-7-6-8-16(18)10-26)20-14(2)30-32(5)15(20)3)23-29-21(22(33)25(35)31(23)4)24(34)28-17-11-27-36-12-17/h6-9,11-13,19,33H,1-5H3,(H,28,34)/t13-,19+/m0/s1. The molecule has 2 atom stereocenters. The van der Waals surface area contributed by atoms with Crippen LogP contribution >= 0.6 is 0 Å². The summed E-state index contributed by atoms with van der Waals surface area (Å²) in [6.45, 7) is 5.69. The Hall–Kier alpha value is -4.72. The van der Waals surface area contributed by atoms with E-state index in [0.717, 1.165) is 22.5 Å². The van der Waals surface area contributed by atoms with Crippen LogP contribution in [0.3, 0.4) is 0 Å². The monoisotopic (exact) mass is 487 g/mol. The zero-order chi connectivity index (χ0) is 26.1. The van der Waals surface area contributed by atoms with Gasteiger partial charge in [-0.25, -0.2) is 4.98 Å².